The molecule has 4 nitrogen and oxygen atoms in total. The van der Waals surface area contributed by atoms with Crippen LogP contribution in [0.1, 0.15) is 104 Å². The highest BCUT2D eigenvalue weighted by molar-refractivity contribution is 5.78. The normalized spacial score (nSPS) is 15.5. The van der Waals surface area contributed by atoms with Gasteiger partial charge < -0.3 is 5.11 Å². The van der Waals surface area contributed by atoms with Gasteiger partial charge in [0, 0.05) is 24.9 Å². The highest BCUT2D eigenvalue weighted by Crippen LogP contribution is 2.31. The van der Waals surface area contributed by atoms with Crippen molar-refractivity contribution in [3.63, 3.8) is 0 Å². The van der Waals surface area contributed by atoms with Crippen LogP contribution < -0.4 is 0 Å². The van der Waals surface area contributed by atoms with Crippen molar-refractivity contribution in [3.05, 3.63) is 40.3 Å². The molecule has 0 aliphatic heterocycles. The van der Waals surface area contributed by atoms with E-state index in [0.717, 1.165) is 56.9 Å². The first-order valence-electron chi connectivity index (χ1n) is 12.2. The molecule has 1 rings (SSSR count). The predicted octanol–water partition coefficient (Wildman–Crippen LogP) is 7.01. The van der Waals surface area contributed by atoms with Gasteiger partial charge in [0.25, 0.3) is 0 Å². The molecule has 0 radical (unpaired) electrons. The molecule has 0 aromatic heterocycles. The summed E-state index contributed by atoms with van der Waals surface area (Å²) in [7, 11) is 0. The van der Waals surface area contributed by atoms with E-state index in [1.165, 1.54) is 5.56 Å². The third kappa shape index (κ3) is 10.1. The van der Waals surface area contributed by atoms with E-state index in [-0.39, 0.29) is 24.0 Å². The fourth-order valence-electron chi connectivity index (χ4n) is 4.18. The second-order valence-corrected chi connectivity index (χ2v) is 10.4. The summed E-state index contributed by atoms with van der Waals surface area (Å²) >= 11 is 0. The number of rotatable bonds is 17. The number of nitrogens with zero attached hydrogens (tertiary/aromatic N) is 1. The standard InChI is InChI=1S/C27H45NO3/c1-6-26(4,21-29)17-9-7-11-25(30)12-8-10-18-27(5,20-28-31)24-15-13-23(14-16-24)19-22(2)3/h13-16,22,29H,6-12,17-21H2,1-5H3. The number of carbonyl (C=O) groups is 1. The molecule has 31 heavy (non-hydrogen) atoms. The minimum atomic E-state index is -0.268. The van der Waals surface area contributed by atoms with Crippen molar-refractivity contribution in [3.8, 4) is 0 Å². The Morgan fingerprint density at radius 2 is 1.58 bits per heavy atom. The highest BCUT2D eigenvalue weighted by atomic mass is 16.3. The molecule has 4 heteroatoms. The molecule has 0 aliphatic rings. The van der Waals surface area contributed by atoms with E-state index in [1.807, 2.05) is 0 Å². The van der Waals surface area contributed by atoms with Crippen LogP contribution in [0.15, 0.2) is 29.4 Å². The molecule has 1 N–H and O–H groups in total. The van der Waals surface area contributed by atoms with Crippen molar-refractivity contribution >= 4 is 5.78 Å². The van der Waals surface area contributed by atoms with E-state index in [9.17, 15) is 14.8 Å². The van der Waals surface area contributed by atoms with Gasteiger partial charge in [-0.05, 0) is 61.0 Å². The zero-order valence-corrected chi connectivity index (χ0v) is 20.6. The first-order valence-corrected chi connectivity index (χ1v) is 12.2. The molecule has 1 aromatic carbocycles. The van der Waals surface area contributed by atoms with Crippen LogP contribution in [0.4, 0.5) is 0 Å². The molecule has 0 amide bonds. The van der Waals surface area contributed by atoms with Crippen LogP contribution in [0.2, 0.25) is 0 Å². The van der Waals surface area contributed by atoms with Crippen LogP contribution in [-0.2, 0) is 16.6 Å². The van der Waals surface area contributed by atoms with Crippen molar-refractivity contribution in [1.29, 1.82) is 0 Å². The van der Waals surface area contributed by atoms with Crippen LogP contribution in [0.5, 0.6) is 0 Å². The van der Waals surface area contributed by atoms with Crippen molar-refractivity contribution in [1.82, 2.24) is 0 Å². The van der Waals surface area contributed by atoms with E-state index < -0.39 is 0 Å². The number of aliphatic hydroxyl groups is 1. The largest absolute Gasteiger partial charge is 0.396 e. The lowest BCUT2D eigenvalue weighted by Gasteiger charge is -2.27. The Kier molecular flexibility index (Phi) is 12.2. The van der Waals surface area contributed by atoms with E-state index in [1.54, 1.807) is 0 Å². The van der Waals surface area contributed by atoms with E-state index in [0.29, 0.717) is 24.5 Å². The molecule has 0 aliphatic carbocycles. The third-order valence-electron chi connectivity index (χ3n) is 6.86. The summed E-state index contributed by atoms with van der Waals surface area (Å²) in [5, 5.41) is 12.7. The Labute approximate surface area is 190 Å². The molecular formula is C27H45NO3. The van der Waals surface area contributed by atoms with Crippen LogP contribution in [0.25, 0.3) is 0 Å². The van der Waals surface area contributed by atoms with Gasteiger partial charge >= 0.3 is 0 Å². The zero-order chi connectivity index (χ0) is 23.3. The van der Waals surface area contributed by atoms with E-state index >= 15 is 0 Å². The molecule has 0 heterocycles. The number of carbonyl (C=O) groups excluding carboxylic acids is 1. The first kappa shape index (κ1) is 27.5. The summed E-state index contributed by atoms with van der Waals surface area (Å²) < 4.78 is 0. The maximum Gasteiger partial charge on any atom is 0.132 e. The first-order chi connectivity index (χ1) is 14.7. The summed E-state index contributed by atoms with van der Waals surface area (Å²) in [4.78, 5) is 23.3. The maximum atomic E-state index is 12.2. The Morgan fingerprint density at radius 1 is 1.00 bits per heavy atom. The van der Waals surface area contributed by atoms with Gasteiger partial charge in [0.15, 0.2) is 0 Å². The van der Waals surface area contributed by atoms with E-state index in [4.69, 9.17) is 0 Å². The summed E-state index contributed by atoms with van der Waals surface area (Å²) in [5.41, 5.74) is 2.21. The molecule has 0 saturated carbocycles. The van der Waals surface area contributed by atoms with Crippen LogP contribution in [0, 0.1) is 16.2 Å². The Balaban J connectivity index is 2.43. The average Bonchev–Trinajstić information content (AvgIpc) is 2.74. The number of benzene rings is 1. The predicted molar refractivity (Wildman–Crippen MR) is 130 cm³/mol. The average molecular weight is 432 g/mol. The van der Waals surface area contributed by atoms with Crippen molar-refractivity contribution in [2.45, 2.75) is 104 Å². The zero-order valence-electron chi connectivity index (χ0n) is 20.6. The molecular weight excluding hydrogens is 386 g/mol. The molecule has 176 valence electrons. The van der Waals surface area contributed by atoms with Crippen LogP contribution in [0.3, 0.4) is 0 Å². The third-order valence-corrected chi connectivity index (χ3v) is 6.86. The number of hydrogen-bond acceptors (Lipinski definition) is 4. The summed E-state index contributed by atoms with van der Waals surface area (Å²) in [6, 6.07) is 8.62. The topological polar surface area (TPSA) is 66.7 Å². The van der Waals surface area contributed by atoms with Gasteiger partial charge in [-0.25, -0.2) is 0 Å². The smallest absolute Gasteiger partial charge is 0.132 e. The van der Waals surface area contributed by atoms with Gasteiger partial charge in [0.05, 0.1) is 6.54 Å². The Bertz CT molecular complexity index is 649. The number of hydrogen-bond donors (Lipinski definition) is 1. The molecule has 2 unspecified atom stereocenters. The molecule has 1 aromatic rings. The number of ketones is 1. The lowest BCUT2D eigenvalue weighted by atomic mass is 9.77. The van der Waals surface area contributed by atoms with Crippen molar-refractivity contribution in [2.24, 2.45) is 16.5 Å². The molecule has 2 atom stereocenters. The summed E-state index contributed by atoms with van der Waals surface area (Å²) in [5.74, 6) is 0.952. The van der Waals surface area contributed by atoms with Crippen LogP contribution >= 0.6 is 0 Å². The molecule has 0 saturated heterocycles. The van der Waals surface area contributed by atoms with Crippen molar-refractivity contribution < 1.29 is 9.90 Å². The fraction of sp³-hybridized carbons (Fsp3) is 0.741. The van der Waals surface area contributed by atoms with Gasteiger partial charge in [-0.1, -0.05) is 76.9 Å². The molecule has 0 fully saturated rings. The quantitative estimate of drug-likeness (QED) is 0.213. The monoisotopic (exact) mass is 431 g/mol. The summed E-state index contributed by atoms with van der Waals surface area (Å²) in [6.07, 6.45) is 8.79. The molecule has 0 spiro atoms. The maximum absolute atomic E-state index is 12.2. The minimum absolute atomic E-state index is 0.00683. The lowest BCUT2D eigenvalue weighted by Crippen LogP contribution is -2.25. The van der Waals surface area contributed by atoms with E-state index in [2.05, 4.69) is 64.1 Å². The lowest BCUT2D eigenvalue weighted by molar-refractivity contribution is -0.119. The fourth-order valence-corrected chi connectivity index (χ4v) is 4.18. The summed E-state index contributed by atoms with van der Waals surface area (Å²) in [6.45, 7) is 11.2. The Hall–Kier alpha value is -1.55. The van der Waals surface area contributed by atoms with Crippen LogP contribution in [-0.4, -0.2) is 24.0 Å². The van der Waals surface area contributed by atoms with Gasteiger partial charge in [-0.15, -0.1) is 0 Å². The second kappa shape index (κ2) is 13.8. The van der Waals surface area contributed by atoms with Crippen molar-refractivity contribution in [2.75, 3.05) is 13.2 Å². The molecule has 0 bridgehead atoms. The highest BCUT2D eigenvalue weighted by Gasteiger charge is 2.27. The number of Topliss-reactive ketones (excluding diaryl/α,β-unsaturated/α-hetero) is 1. The minimum Gasteiger partial charge on any atom is -0.396 e. The van der Waals surface area contributed by atoms with Gasteiger partial charge in [0.1, 0.15) is 5.78 Å². The Morgan fingerprint density at radius 3 is 2.06 bits per heavy atom. The van der Waals surface area contributed by atoms with Gasteiger partial charge in [-0.3, -0.25) is 4.79 Å². The number of unbranched alkanes of at least 4 members (excludes halogenated alkanes) is 2. The second-order valence-electron chi connectivity index (χ2n) is 10.4. The van der Waals surface area contributed by atoms with Gasteiger partial charge in [-0.2, -0.15) is 4.91 Å². The number of nitroso groups, excluding NO2 is 1. The number of aliphatic hydroxyl groups excluding tert-OH is 1. The SMILES string of the molecule is CCC(C)(CO)CCCCC(=O)CCCCC(C)(CN=O)c1ccc(CC(C)C)cc1. The van der Waals surface area contributed by atoms with Gasteiger partial charge in [0.2, 0.25) is 0 Å².